The molecule has 1 N–H and O–H groups in total. The molecule has 0 saturated heterocycles. The lowest BCUT2D eigenvalue weighted by atomic mass is 10.1. The molecule has 0 unspecified atom stereocenters. The topological polar surface area (TPSA) is 58.2 Å². The number of nitrogens with zero attached hydrogens (tertiary/aromatic N) is 2. The summed E-state index contributed by atoms with van der Waals surface area (Å²) in [5, 5.41) is 7.52. The van der Waals surface area contributed by atoms with Gasteiger partial charge in [-0.25, -0.2) is 0 Å². The number of carbonyl (C=O) groups is 1. The number of aryl methyl sites for hydroxylation is 1. The normalized spacial score (nSPS) is 10.8. The second-order valence-electron chi connectivity index (χ2n) is 6.57. The number of aromatic nitrogens is 2. The number of amides is 1. The maximum Gasteiger partial charge on any atom is 0.222 e. The van der Waals surface area contributed by atoms with Gasteiger partial charge < -0.3 is 9.64 Å². The first kappa shape index (κ1) is 20.2. The minimum atomic E-state index is 0.214. The van der Waals surface area contributed by atoms with E-state index in [1.807, 2.05) is 37.1 Å². The van der Waals surface area contributed by atoms with Crippen molar-refractivity contribution in [2.24, 2.45) is 0 Å². The van der Waals surface area contributed by atoms with Gasteiger partial charge in [-0.15, -0.1) is 0 Å². The Labute approximate surface area is 156 Å². The molecular formula is C21H31N3O2. The lowest BCUT2D eigenvalue weighted by molar-refractivity contribution is -0.130. The summed E-state index contributed by atoms with van der Waals surface area (Å²) in [7, 11) is 1.89. The highest BCUT2D eigenvalue weighted by molar-refractivity contribution is 5.75. The maximum atomic E-state index is 12.0. The highest BCUT2D eigenvalue weighted by Gasteiger charge is 2.08. The minimum absolute atomic E-state index is 0.214. The summed E-state index contributed by atoms with van der Waals surface area (Å²) >= 11 is 0. The van der Waals surface area contributed by atoms with Crippen molar-refractivity contribution in [1.29, 1.82) is 0 Å². The predicted octanol–water partition coefficient (Wildman–Crippen LogP) is 4.06. The van der Waals surface area contributed by atoms with Gasteiger partial charge >= 0.3 is 0 Å². The molecule has 5 nitrogen and oxygen atoms in total. The van der Waals surface area contributed by atoms with Crippen molar-refractivity contribution in [3.63, 3.8) is 0 Å². The summed E-state index contributed by atoms with van der Waals surface area (Å²) in [6, 6.07) is 12.3. The van der Waals surface area contributed by atoms with Crippen LogP contribution in [0.5, 0.6) is 0 Å². The van der Waals surface area contributed by atoms with E-state index in [9.17, 15) is 4.79 Å². The van der Waals surface area contributed by atoms with Gasteiger partial charge in [-0.1, -0.05) is 36.8 Å². The first-order valence-electron chi connectivity index (χ1n) is 9.62. The molecule has 26 heavy (non-hydrogen) atoms. The maximum absolute atomic E-state index is 12.0. The first-order valence-corrected chi connectivity index (χ1v) is 9.62. The van der Waals surface area contributed by atoms with Gasteiger partial charge in [-0.05, 0) is 38.7 Å². The van der Waals surface area contributed by atoms with Gasteiger partial charge in [0.05, 0.1) is 5.69 Å². The molecule has 0 radical (unpaired) electrons. The number of ether oxygens (including phenoxy) is 1. The fourth-order valence-electron chi connectivity index (χ4n) is 2.87. The molecule has 0 spiro atoms. The van der Waals surface area contributed by atoms with Crippen LogP contribution in [-0.2, 0) is 16.0 Å². The van der Waals surface area contributed by atoms with Crippen LogP contribution >= 0.6 is 0 Å². The van der Waals surface area contributed by atoms with Gasteiger partial charge in [0.15, 0.2) is 0 Å². The number of benzene rings is 1. The number of carbonyl (C=O) groups excluding carboxylic acids is 1. The molecule has 1 aromatic heterocycles. The molecule has 0 fully saturated rings. The number of rotatable bonds is 12. The van der Waals surface area contributed by atoms with Crippen molar-refractivity contribution in [2.45, 2.75) is 45.4 Å². The SMILES string of the molecule is CCOCCCC(=O)N(C)CCCCCc1cc(-c2ccccc2)n[nH]1. The third-order valence-corrected chi connectivity index (χ3v) is 4.45. The average Bonchev–Trinajstić information content (AvgIpc) is 3.14. The summed E-state index contributed by atoms with van der Waals surface area (Å²) < 4.78 is 5.27. The van der Waals surface area contributed by atoms with Crippen molar-refractivity contribution < 1.29 is 9.53 Å². The molecule has 1 amide bonds. The second kappa shape index (κ2) is 11.5. The molecule has 0 saturated carbocycles. The molecule has 0 aliphatic carbocycles. The van der Waals surface area contributed by atoms with E-state index in [-0.39, 0.29) is 5.91 Å². The number of nitrogens with one attached hydrogen (secondary N) is 1. The Morgan fingerprint density at radius 3 is 2.73 bits per heavy atom. The van der Waals surface area contributed by atoms with Crippen molar-refractivity contribution in [1.82, 2.24) is 15.1 Å². The Balaban J connectivity index is 1.59. The van der Waals surface area contributed by atoms with Crippen LogP contribution < -0.4 is 0 Å². The van der Waals surface area contributed by atoms with Gasteiger partial charge in [0, 0.05) is 44.5 Å². The summed E-state index contributed by atoms with van der Waals surface area (Å²) in [6.45, 7) is 4.18. The standard InChI is InChI=1S/C21H31N3O2/c1-3-26-16-10-14-21(25)24(2)15-9-5-8-13-19-17-20(23-22-19)18-11-6-4-7-12-18/h4,6-7,11-12,17H,3,5,8-10,13-16H2,1-2H3,(H,22,23). The molecule has 0 aliphatic rings. The molecule has 1 heterocycles. The monoisotopic (exact) mass is 357 g/mol. The van der Waals surface area contributed by atoms with Gasteiger partial charge in [0.25, 0.3) is 0 Å². The van der Waals surface area contributed by atoms with E-state index in [1.165, 1.54) is 5.69 Å². The van der Waals surface area contributed by atoms with Crippen molar-refractivity contribution in [2.75, 3.05) is 26.8 Å². The van der Waals surface area contributed by atoms with Crippen LogP contribution in [-0.4, -0.2) is 47.8 Å². The zero-order chi connectivity index (χ0) is 18.6. The van der Waals surface area contributed by atoms with Gasteiger partial charge in [-0.2, -0.15) is 5.10 Å². The van der Waals surface area contributed by atoms with E-state index >= 15 is 0 Å². The summed E-state index contributed by atoms with van der Waals surface area (Å²) in [4.78, 5) is 13.8. The number of hydrogen-bond donors (Lipinski definition) is 1. The fourth-order valence-corrected chi connectivity index (χ4v) is 2.87. The fraction of sp³-hybridized carbons (Fsp3) is 0.524. The van der Waals surface area contributed by atoms with E-state index < -0.39 is 0 Å². The lowest BCUT2D eigenvalue weighted by Gasteiger charge is -2.17. The van der Waals surface area contributed by atoms with Crippen LogP contribution in [0.15, 0.2) is 36.4 Å². The van der Waals surface area contributed by atoms with Gasteiger partial charge in [-0.3, -0.25) is 9.89 Å². The summed E-state index contributed by atoms with van der Waals surface area (Å²) in [6.07, 6.45) is 5.62. The molecule has 1 aromatic carbocycles. The van der Waals surface area contributed by atoms with E-state index in [0.717, 1.165) is 49.9 Å². The highest BCUT2D eigenvalue weighted by atomic mass is 16.5. The van der Waals surface area contributed by atoms with Crippen molar-refractivity contribution in [3.05, 3.63) is 42.1 Å². The minimum Gasteiger partial charge on any atom is -0.382 e. The number of unbranched alkanes of at least 4 members (excludes halogenated alkanes) is 2. The molecule has 2 rings (SSSR count). The third-order valence-electron chi connectivity index (χ3n) is 4.45. The molecule has 0 atom stereocenters. The van der Waals surface area contributed by atoms with Crippen LogP contribution in [0.4, 0.5) is 0 Å². The van der Waals surface area contributed by atoms with Crippen LogP contribution in [0.25, 0.3) is 11.3 Å². The van der Waals surface area contributed by atoms with Crippen LogP contribution in [0, 0.1) is 0 Å². The van der Waals surface area contributed by atoms with Crippen LogP contribution in [0.2, 0.25) is 0 Å². The Hall–Kier alpha value is -2.14. The summed E-state index contributed by atoms with van der Waals surface area (Å²) in [5.41, 5.74) is 3.31. The average molecular weight is 357 g/mol. The third kappa shape index (κ3) is 7.00. The largest absolute Gasteiger partial charge is 0.382 e. The quantitative estimate of drug-likeness (QED) is 0.583. The Bertz CT molecular complexity index is 640. The van der Waals surface area contributed by atoms with Crippen LogP contribution in [0.1, 0.15) is 44.7 Å². The number of hydrogen-bond acceptors (Lipinski definition) is 3. The number of H-pyrrole nitrogens is 1. The van der Waals surface area contributed by atoms with E-state index in [2.05, 4.69) is 28.4 Å². The smallest absolute Gasteiger partial charge is 0.222 e. The second-order valence-corrected chi connectivity index (χ2v) is 6.57. The highest BCUT2D eigenvalue weighted by Crippen LogP contribution is 2.17. The predicted molar refractivity (Wildman–Crippen MR) is 105 cm³/mol. The molecule has 0 bridgehead atoms. The molecule has 2 aromatic rings. The molecular weight excluding hydrogens is 326 g/mol. The van der Waals surface area contributed by atoms with Crippen LogP contribution in [0.3, 0.4) is 0 Å². The zero-order valence-corrected chi connectivity index (χ0v) is 16.0. The molecule has 0 aliphatic heterocycles. The Morgan fingerprint density at radius 1 is 1.15 bits per heavy atom. The van der Waals surface area contributed by atoms with Gasteiger partial charge in [0.1, 0.15) is 0 Å². The lowest BCUT2D eigenvalue weighted by Crippen LogP contribution is -2.27. The molecule has 142 valence electrons. The van der Waals surface area contributed by atoms with Crippen molar-refractivity contribution >= 4 is 5.91 Å². The Kier molecular flexibility index (Phi) is 8.90. The molecule has 5 heteroatoms. The van der Waals surface area contributed by atoms with Gasteiger partial charge in [0.2, 0.25) is 5.91 Å². The zero-order valence-electron chi connectivity index (χ0n) is 16.0. The van der Waals surface area contributed by atoms with E-state index in [1.54, 1.807) is 0 Å². The Morgan fingerprint density at radius 2 is 1.96 bits per heavy atom. The first-order chi connectivity index (χ1) is 12.7. The summed E-state index contributed by atoms with van der Waals surface area (Å²) in [5.74, 6) is 0.214. The number of aromatic amines is 1. The van der Waals surface area contributed by atoms with Crippen molar-refractivity contribution in [3.8, 4) is 11.3 Å². The van der Waals surface area contributed by atoms with E-state index in [4.69, 9.17) is 4.74 Å². The van der Waals surface area contributed by atoms with E-state index in [0.29, 0.717) is 19.6 Å².